The first-order valence-electron chi connectivity index (χ1n) is 6.72. The minimum Gasteiger partial charge on any atom is -0.406 e. The number of halogens is 4. The number of hydrogen-bond acceptors (Lipinski definition) is 3. The molecule has 0 unspecified atom stereocenters. The average molecular weight is 320 g/mol. The number of benzene rings is 1. The summed E-state index contributed by atoms with van der Waals surface area (Å²) >= 11 is 0. The molecule has 1 saturated heterocycles. The fourth-order valence-electron chi connectivity index (χ4n) is 2.34. The van der Waals surface area contributed by atoms with Crippen molar-refractivity contribution in [3.05, 3.63) is 29.8 Å². The van der Waals surface area contributed by atoms with Crippen LogP contribution in [0.2, 0.25) is 0 Å². The van der Waals surface area contributed by atoms with Crippen LogP contribution >= 0.6 is 0 Å². The van der Waals surface area contributed by atoms with Crippen LogP contribution in [0.5, 0.6) is 5.75 Å². The molecule has 1 fully saturated rings. The van der Waals surface area contributed by atoms with Crippen molar-refractivity contribution in [2.75, 3.05) is 13.6 Å². The molecule has 8 heteroatoms. The second-order valence-corrected chi connectivity index (χ2v) is 5.18. The van der Waals surface area contributed by atoms with E-state index in [1.807, 2.05) is 0 Å². The molecule has 1 aromatic rings. The molecule has 0 spiro atoms. The number of likely N-dealkylation sites (N-methyl/N-ethyl adjacent to an activating group) is 1. The molecule has 122 valence electrons. The van der Waals surface area contributed by atoms with E-state index in [9.17, 15) is 22.4 Å². The van der Waals surface area contributed by atoms with Gasteiger partial charge in [-0.25, -0.2) is 4.39 Å². The van der Waals surface area contributed by atoms with E-state index in [1.54, 1.807) is 6.07 Å². The Bertz CT molecular complexity index is 536. The Hall–Kier alpha value is -1.83. The molecule has 0 saturated carbocycles. The first-order valence-corrected chi connectivity index (χ1v) is 6.72. The fourth-order valence-corrected chi connectivity index (χ4v) is 2.34. The number of carbonyl (C=O) groups excluding carboxylic acids is 1. The molecule has 0 radical (unpaired) electrons. The molecule has 2 atom stereocenters. The predicted molar refractivity (Wildman–Crippen MR) is 70.9 cm³/mol. The molecule has 1 amide bonds. The number of nitrogens with zero attached hydrogens (tertiary/aromatic N) is 1. The summed E-state index contributed by atoms with van der Waals surface area (Å²) in [5, 5.41) is 2.78. The number of ether oxygens (including phenoxy) is 1. The monoisotopic (exact) mass is 320 g/mol. The molecular weight excluding hydrogens is 304 g/mol. The fraction of sp³-hybridized carbons (Fsp3) is 0.500. The number of alkyl halides is 4. The topological polar surface area (TPSA) is 41.6 Å². The van der Waals surface area contributed by atoms with Gasteiger partial charge < -0.3 is 15.0 Å². The maximum atomic E-state index is 13.1. The van der Waals surface area contributed by atoms with Crippen molar-refractivity contribution in [2.45, 2.75) is 31.5 Å². The van der Waals surface area contributed by atoms with Crippen LogP contribution in [0.15, 0.2) is 24.3 Å². The second kappa shape index (κ2) is 6.51. The van der Waals surface area contributed by atoms with Gasteiger partial charge in [0.25, 0.3) is 0 Å². The van der Waals surface area contributed by atoms with Crippen molar-refractivity contribution in [1.82, 2.24) is 10.2 Å². The minimum atomic E-state index is -4.76. The molecule has 0 aliphatic carbocycles. The molecule has 1 N–H and O–H groups in total. The summed E-state index contributed by atoms with van der Waals surface area (Å²) in [6.07, 6.45) is -5.70. The molecule has 4 nitrogen and oxygen atoms in total. The van der Waals surface area contributed by atoms with Gasteiger partial charge in [-0.15, -0.1) is 13.2 Å². The largest absolute Gasteiger partial charge is 0.573 e. The third kappa shape index (κ3) is 4.59. The lowest BCUT2D eigenvalue weighted by molar-refractivity contribution is -0.274. The van der Waals surface area contributed by atoms with E-state index >= 15 is 0 Å². The summed E-state index contributed by atoms with van der Waals surface area (Å²) < 4.78 is 53.4. The number of carbonyl (C=O) groups is 1. The zero-order chi connectivity index (χ0) is 16.3. The van der Waals surface area contributed by atoms with E-state index < -0.39 is 18.6 Å². The van der Waals surface area contributed by atoms with Gasteiger partial charge in [0, 0.05) is 26.6 Å². The van der Waals surface area contributed by atoms with E-state index in [4.69, 9.17) is 0 Å². The predicted octanol–water partition coefficient (Wildman–Crippen LogP) is 2.24. The van der Waals surface area contributed by atoms with Gasteiger partial charge in [0.15, 0.2) is 0 Å². The highest BCUT2D eigenvalue weighted by atomic mass is 19.4. The van der Waals surface area contributed by atoms with Gasteiger partial charge in [0.2, 0.25) is 5.91 Å². The van der Waals surface area contributed by atoms with Crippen molar-refractivity contribution < 1.29 is 27.1 Å². The summed E-state index contributed by atoms with van der Waals surface area (Å²) in [4.78, 5) is 13.4. The lowest BCUT2D eigenvalue weighted by atomic mass is 10.1. The van der Waals surface area contributed by atoms with Crippen LogP contribution in [-0.4, -0.2) is 43.0 Å². The Morgan fingerprint density at radius 3 is 2.77 bits per heavy atom. The zero-order valence-electron chi connectivity index (χ0n) is 11.9. The van der Waals surface area contributed by atoms with Gasteiger partial charge in [0.1, 0.15) is 11.9 Å². The molecule has 0 aromatic heterocycles. The van der Waals surface area contributed by atoms with Gasteiger partial charge in [-0.2, -0.15) is 0 Å². The Morgan fingerprint density at radius 2 is 2.18 bits per heavy atom. The van der Waals surface area contributed by atoms with E-state index in [2.05, 4.69) is 10.1 Å². The highest BCUT2D eigenvalue weighted by Crippen LogP contribution is 2.24. The summed E-state index contributed by atoms with van der Waals surface area (Å²) in [5.74, 6) is -0.629. The molecular formula is C14H16F4N2O2. The van der Waals surface area contributed by atoms with Gasteiger partial charge in [0.05, 0.1) is 6.04 Å². The van der Waals surface area contributed by atoms with Crippen LogP contribution in [0.25, 0.3) is 0 Å². The van der Waals surface area contributed by atoms with Crippen molar-refractivity contribution in [3.8, 4) is 5.75 Å². The first-order chi connectivity index (χ1) is 10.2. The maximum Gasteiger partial charge on any atom is 0.573 e. The lowest BCUT2D eigenvalue weighted by Gasteiger charge is -2.21. The Morgan fingerprint density at radius 1 is 1.45 bits per heavy atom. The summed E-state index contributed by atoms with van der Waals surface area (Å²) in [6.45, 7) is 0.252. The molecule has 1 aliphatic heterocycles. The lowest BCUT2D eigenvalue weighted by Crippen LogP contribution is -2.41. The van der Waals surface area contributed by atoms with Crippen LogP contribution < -0.4 is 10.1 Å². The normalized spacial score (nSPS) is 21.7. The van der Waals surface area contributed by atoms with Gasteiger partial charge in [-0.3, -0.25) is 4.79 Å². The molecule has 0 bridgehead atoms. The Balaban J connectivity index is 1.98. The van der Waals surface area contributed by atoms with Crippen LogP contribution in [-0.2, 0) is 11.3 Å². The zero-order valence-corrected chi connectivity index (χ0v) is 11.9. The highest BCUT2D eigenvalue weighted by molar-refractivity contribution is 5.82. The van der Waals surface area contributed by atoms with Crippen molar-refractivity contribution >= 4 is 5.91 Å². The Kier molecular flexibility index (Phi) is 4.90. The number of hydrogen-bond donors (Lipinski definition) is 1. The smallest absolute Gasteiger partial charge is 0.406 e. The van der Waals surface area contributed by atoms with Crippen molar-refractivity contribution in [2.24, 2.45) is 0 Å². The van der Waals surface area contributed by atoms with E-state index in [-0.39, 0.29) is 31.2 Å². The molecule has 1 heterocycles. The minimum absolute atomic E-state index is 0.112. The Labute approximate surface area is 125 Å². The standard InChI is InChI=1S/C14H16F4N2O2/c1-20(13(21)12-6-10(15)7-19-12)8-9-3-2-4-11(5-9)22-14(16,17)18/h2-5,10,12,19H,6-8H2,1H3/t10-,12+/m0/s1. The summed E-state index contributed by atoms with van der Waals surface area (Å²) in [7, 11) is 1.52. The van der Waals surface area contributed by atoms with Crippen molar-refractivity contribution in [3.63, 3.8) is 0 Å². The van der Waals surface area contributed by atoms with Crippen molar-refractivity contribution in [1.29, 1.82) is 0 Å². The number of nitrogens with one attached hydrogen (secondary N) is 1. The molecule has 22 heavy (non-hydrogen) atoms. The number of amides is 1. The third-order valence-electron chi connectivity index (χ3n) is 3.30. The van der Waals surface area contributed by atoms with Gasteiger partial charge in [-0.05, 0) is 17.7 Å². The second-order valence-electron chi connectivity index (χ2n) is 5.18. The van der Waals surface area contributed by atoms with Gasteiger partial charge in [-0.1, -0.05) is 12.1 Å². The van der Waals surface area contributed by atoms with E-state index in [1.165, 1.54) is 30.1 Å². The van der Waals surface area contributed by atoms with Crippen LogP contribution in [0.3, 0.4) is 0 Å². The maximum absolute atomic E-state index is 13.1. The molecule has 2 rings (SSSR count). The van der Waals surface area contributed by atoms with Crippen LogP contribution in [0.1, 0.15) is 12.0 Å². The molecule has 1 aromatic carbocycles. The van der Waals surface area contributed by atoms with E-state index in [0.717, 1.165) is 0 Å². The van der Waals surface area contributed by atoms with Gasteiger partial charge >= 0.3 is 6.36 Å². The number of rotatable bonds is 4. The average Bonchev–Trinajstić information content (AvgIpc) is 2.83. The quantitative estimate of drug-likeness (QED) is 0.865. The van der Waals surface area contributed by atoms with Crippen LogP contribution in [0.4, 0.5) is 17.6 Å². The first kappa shape index (κ1) is 16.5. The third-order valence-corrected chi connectivity index (χ3v) is 3.30. The summed E-state index contributed by atoms with van der Waals surface area (Å²) in [6, 6.07) is 4.82. The SMILES string of the molecule is CN(Cc1cccc(OC(F)(F)F)c1)C(=O)[C@H]1C[C@H](F)CN1. The summed E-state index contributed by atoms with van der Waals surface area (Å²) in [5.41, 5.74) is 0.493. The molecule has 1 aliphatic rings. The highest BCUT2D eigenvalue weighted by Gasteiger charge is 2.32. The van der Waals surface area contributed by atoms with E-state index in [0.29, 0.717) is 5.56 Å². The van der Waals surface area contributed by atoms with Crippen LogP contribution in [0, 0.1) is 0 Å².